The average molecular weight is 505 g/mol. The van der Waals surface area contributed by atoms with Crippen molar-refractivity contribution in [1.82, 2.24) is 0 Å². The Morgan fingerprint density at radius 3 is 2.55 bits per heavy atom. The van der Waals surface area contributed by atoms with Crippen molar-refractivity contribution in [2.45, 2.75) is 57.1 Å². The van der Waals surface area contributed by atoms with E-state index in [1.54, 1.807) is 20.8 Å². The molecule has 9 nitrogen and oxygen atoms in total. The molecule has 4 aliphatic carbocycles. The van der Waals surface area contributed by atoms with E-state index in [0.29, 0.717) is 18.4 Å². The van der Waals surface area contributed by atoms with Crippen LogP contribution in [0.4, 0.5) is 0 Å². The normalized spacial score (nSPS) is 47.2. The smallest absolute Gasteiger partial charge is 0.470 e. The van der Waals surface area contributed by atoms with Crippen molar-refractivity contribution in [2.24, 2.45) is 34.5 Å². The number of aliphatic hydroxyl groups excluding tert-OH is 2. The largest absolute Gasteiger partial charge is 0.511 e. The van der Waals surface area contributed by atoms with Crippen molar-refractivity contribution < 1.29 is 43.8 Å². The first-order chi connectivity index (χ1) is 15.1. The number of hydrogen-bond acceptors (Lipinski definition) is 7. The van der Waals surface area contributed by atoms with Gasteiger partial charge < -0.3 is 25.1 Å². The van der Waals surface area contributed by atoms with Crippen LogP contribution in [0.25, 0.3) is 0 Å². The molecule has 0 spiro atoms. The maximum absolute atomic E-state index is 13.1. The Hall–Kier alpha value is -1.06. The summed E-state index contributed by atoms with van der Waals surface area (Å²) in [4.78, 5) is 43.1. The van der Waals surface area contributed by atoms with Crippen LogP contribution in [-0.2, 0) is 18.7 Å². The van der Waals surface area contributed by atoms with Gasteiger partial charge in [0.25, 0.3) is 0 Å². The summed E-state index contributed by atoms with van der Waals surface area (Å²) in [6.07, 6.45) is 2.26. The Labute approximate surface area is 196 Å². The predicted octanol–water partition coefficient (Wildman–Crippen LogP) is 2.02. The molecule has 33 heavy (non-hydrogen) atoms. The van der Waals surface area contributed by atoms with Gasteiger partial charge in [-0.1, -0.05) is 19.4 Å². The highest BCUT2D eigenvalue weighted by Crippen LogP contribution is 2.69. The molecule has 0 aromatic carbocycles. The molecule has 5 N–H and O–H groups in total. The van der Waals surface area contributed by atoms with E-state index in [2.05, 4.69) is 4.52 Å². The summed E-state index contributed by atoms with van der Waals surface area (Å²) < 4.78 is 15.5. The molecule has 0 aromatic heterocycles. The lowest BCUT2D eigenvalue weighted by molar-refractivity contribution is -0.185. The molecular weight excluding hydrogens is 475 g/mol. The van der Waals surface area contributed by atoms with Crippen LogP contribution in [0.15, 0.2) is 23.5 Å². The maximum Gasteiger partial charge on any atom is 0.470 e. The molecule has 3 fully saturated rings. The Morgan fingerprint density at radius 1 is 1.30 bits per heavy atom. The number of phosphoric acid groups is 1. The number of aliphatic hydroxyl groups is 3. The minimum absolute atomic E-state index is 0.00896. The lowest BCUT2D eigenvalue weighted by atomic mass is 9.45. The quantitative estimate of drug-likeness (QED) is 0.285. The van der Waals surface area contributed by atoms with Crippen LogP contribution in [0.5, 0.6) is 0 Å². The van der Waals surface area contributed by atoms with E-state index >= 15 is 0 Å². The Kier molecular flexibility index (Phi) is 5.86. The molecule has 11 heteroatoms. The minimum Gasteiger partial charge on any atom is -0.511 e. The third-order valence-corrected chi connectivity index (χ3v) is 9.93. The summed E-state index contributed by atoms with van der Waals surface area (Å²) in [5, 5.41) is 33.4. The van der Waals surface area contributed by atoms with Crippen LogP contribution < -0.4 is 0 Å². The van der Waals surface area contributed by atoms with Crippen molar-refractivity contribution in [2.75, 3.05) is 6.61 Å². The van der Waals surface area contributed by atoms with Gasteiger partial charge in [-0.15, -0.1) is 11.6 Å². The fourth-order valence-electron chi connectivity index (χ4n) is 7.52. The first kappa shape index (κ1) is 25.0. The molecule has 0 aliphatic heterocycles. The fraction of sp³-hybridized carbons (Fsp3) is 0.727. The van der Waals surface area contributed by atoms with Gasteiger partial charge in [0.2, 0.25) is 0 Å². The van der Waals surface area contributed by atoms with Crippen molar-refractivity contribution in [3.63, 3.8) is 0 Å². The maximum atomic E-state index is 13.1. The molecule has 0 aromatic rings. The van der Waals surface area contributed by atoms with Gasteiger partial charge in [-0.3, -0.25) is 14.1 Å². The average Bonchev–Trinajstić information content (AvgIpc) is 2.88. The molecule has 9 atom stereocenters. The number of halogens is 1. The van der Waals surface area contributed by atoms with Crippen molar-refractivity contribution >= 4 is 31.0 Å². The highest BCUT2D eigenvalue weighted by molar-refractivity contribution is 7.46. The SMILES string of the molecule is C[C@@H]1C[C@H]2[C@@H]3[C@H](Cl)CC4=CC(=O)C=C(O)[C@]4(C)[C@H]3C(O)C[C@]2(C)[C@]1(O)C(=O)COP(=O)(O)O. The van der Waals surface area contributed by atoms with Crippen molar-refractivity contribution in [3.05, 3.63) is 23.5 Å². The zero-order valence-corrected chi connectivity index (χ0v) is 20.3. The van der Waals surface area contributed by atoms with Gasteiger partial charge in [0.05, 0.1) is 11.5 Å². The van der Waals surface area contributed by atoms with Crippen LogP contribution >= 0.6 is 19.4 Å². The summed E-state index contributed by atoms with van der Waals surface area (Å²) in [6.45, 7) is 4.22. The zero-order chi connectivity index (χ0) is 24.7. The van der Waals surface area contributed by atoms with E-state index in [0.717, 1.165) is 6.08 Å². The first-order valence-electron chi connectivity index (χ1n) is 11.0. The van der Waals surface area contributed by atoms with Gasteiger partial charge in [-0.05, 0) is 50.0 Å². The molecule has 4 aliphatic rings. The van der Waals surface area contributed by atoms with E-state index in [1.165, 1.54) is 6.08 Å². The van der Waals surface area contributed by atoms with E-state index in [4.69, 9.17) is 21.4 Å². The van der Waals surface area contributed by atoms with Gasteiger partial charge >= 0.3 is 7.82 Å². The van der Waals surface area contributed by atoms with Crippen LogP contribution in [0.2, 0.25) is 0 Å². The predicted molar refractivity (Wildman–Crippen MR) is 117 cm³/mol. The number of allylic oxidation sites excluding steroid dienone is 3. The molecule has 184 valence electrons. The number of Topliss-reactive ketones (excluding diaryl/α,β-unsaturated/α-hetero) is 1. The number of carbonyl (C=O) groups is 2. The number of rotatable bonds is 4. The third-order valence-electron chi connectivity index (χ3n) is 9.02. The van der Waals surface area contributed by atoms with Crippen molar-refractivity contribution in [1.29, 1.82) is 0 Å². The number of hydrogen-bond donors (Lipinski definition) is 5. The highest BCUT2D eigenvalue weighted by Gasteiger charge is 2.72. The highest BCUT2D eigenvalue weighted by atomic mass is 35.5. The molecule has 0 saturated heterocycles. The van der Waals surface area contributed by atoms with Gasteiger partial charge in [-0.25, -0.2) is 4.57 Å². The molecule has 0 radical (unpaired) electrons. The summed E-state index contributed by atoms with van der Waals surface area (Å²) >= 11 is 6.84. The summed E-state index contributed by atoms with van der Waals surface area (Å²) in [6, 6.07) is 0. The Bertz CT molecular complexity index is 1000. The molecule has 0 amide bonds. The zero-order valence-electron chi connectivity index (χ0n) is 18.6. The molecular formula is C22H30ClO9P. The summed E-state index contributed by atoms with van der Waals surface area (Å²) in [5.41, 5.74) is -3.48. The number of carbonyl (C=O) groups excluding carboxylic acids is 2. The molecule has 0 bridgehead atoms. The Morgan fingerprint density at radius 2 is 1.94 bits per heavy atom. The summed E-state index contributed by atoms with van der Waals surface area (Å²) in [5.74, 6) is -3.16. The number of ketones is 2. The lowest BCUT2D eigenvalue weighted by Gasteiger charge is -2.61. The van der Waals surface area contributed by atoms with Gasteiger partial charge in [0.15, 0.2) is 11.6 Å². The van der Waals surface area contributed by atoms with E-state index in [-0.39, 0.29) is 23.9 Å². The number of fused-ring (bicyclic) bond motifs is 5. The van der Waals surface area contributed by atoms with Crippen LogP contribution in [0.1, 0.15) is 40.0 Å². The second-order valence-electron chi connectivity index (χ2n) is 10.5. The molecule has 3 saturated carbocycles. The number of alkyl halides is 1. The molecule has 0 heterocycles. The third kappa shape index (κ3) is 3.43. The van der Waals surface area contributed by atoms with Gasteiger partial charge in [0, 0.05) is 22.8 Å². The monoisotopic (exact) mass is 504 g/mol. The van der Waals surface area contributed by atoms with E-state index < -0.39 is 65.9 Å². The second-order valence-corrected chi connectivity index (χ2v) is 12.3. The second kappa shape index (κ2) is 7.72. The van der Waals surface area contributed by atoms with E-state index in [1.807, 2.05) is 0 Å². The van der Waals surface area contributed by atoms with E-state index in [9.17, 15) is 29.5 Å². The topological polar surface area (TPSA) is 162 Å². The van der Waals surface area contributed by atoms with Crippen molar-refractivity contribution in [3.8, 4) is 0 Å². The minimum atomic E-state index is -4.92. The Balaban J connectivity index is 1.76. The van der Waals surface area contributed by atoms with Gasteiger partial charge in [0.1, 0.15) is 18.0 Å². The number of phosphoric ester groups is 1. The molecule has 1 unspecified atom stereocenters. The fourth-order valence-corrected chi connectivity index (χ4v) is 8.31. The lowest BCUT2D eigenvalue weighted by Crippen LogP contribution is -2.64. The first-order valence-corrected chi connectivity index (χ1v) is 13.0. The standard InChI is InChI=1S/C22H30ClO9P/c1-10-4-13-18-14(23)6-11-5-12(24)7-16(26)21(11,3)19(18)15(25)8-20(13,2)22(10,28)17(27)9-32-33(29,30)31/h5,7,10,13-15,18-19,25-26,28H,4,6,8-9H2,1-3H3,(H2,29,30,31)/t10-,13+,14-,15?,18-,19+,20+,21-,22-/m1/s1. The van der Waals surface area contributed by atoms with Crippen LogP contribution in [-0.4, -0.2) is 60.4 Å². The van der Waals surface area contributed by atoms with Crippen LogP contribution in [0.3, 0.4) is 0 Å². The molecule has 4 rings (SSSR count). The van der Waals surface area contributed by atoms with Crippen LogP contribution in [0, 0.1) is 34.5 Å². The summed E-state index contributed by atoms with van der Waals surface area (Å²) in [7, 11) is -4.92. The van der Waals surface area contributed by atoms with Gasteiger partial charge in [-0.2, -0.15) is 0 Å².